The molecule has 4 N–H and O–H groups in total. The van der Waals surface area contributed by atoms with E-state index in [1.165, 1.54) is 135 Å². The number of hydrogen-bond acceptors (Lipinski definition) is 3. The molecule has 0 radical (unpaired) electrons. The molecule has 0 bridgehead atoms. The van der Waals surface area contributed by atoms with Gasteiger partial charge in [-0.3, -0.25) is 9.59 Å². The molecular weight excluding hydrogens is 450 g/mol. The van der Waals surface area contributed by atoms with Crippen molar-refractivity contribution in [2.45, 2.75) is 173 Å². The van der Waals surface area contributed by atoms with Crippen molar-refractivity contribution in [2.75, 3.05) is 6.54 Å². The third-order valence-electron chi connectivity index (χ3n) is 7.59. The summed E-state index contributed by atoms with van der Waals surface area (Å²) in [6.07, 6.45) is 32.2. The van der Waals surface area contributed by atoms with Gasteiger partial charge < -0.3 is 15.9 Å². The van der Waals surface area contributed by atoms with E-state index in [1.807, 2.05) is 0 Å². The Hall–Kier alpha value is -1.10. The maximum Gasteiger partial charge on any atom is 0.303 e. The van der Waals surface area contributed by atoms with Crippen LogP contribution in [0.25, 0.3) is 0 Å². The average Bonchev–Trinajstić information content (AvgIpc) is 2.85. The number of aliphatic carboxylic acids is 2. The van der Waals surface area contributed by atoms with Gasteiger partial charge in [0.25, 0.3) is 0 Å². The highest BCUT2D eigenvalue weighted by molar-refractivity contribution is 5.66. The molecule has 0 saturated heterocycles. The lowest BCUT2D eigenvalue weighted by molar-refractivity contribution is -0.138. The summed E-state index contributed by atoms with van der Waals surface area (Å²) >= 11 is 0. The fourth-order valence-electron chi connectivity index (χ4n) is 5.16. The minimum Gasteiger partial charge on any atom is -0.481 e. The molecular formula is C31H61NO4. The minimum absolute atomic E-state index is 0.327. The van der Waals surface area contributed by atoms with Gasteiger partial charge in [-0.2, -0.15) is 0 Å². The molecule has 0 aromatic carbocycles. The van der Waals surface area contributed by atoms with E-state index >= 15 is 0 Å². The van der Waals surface area contributed by atoms with Crippen LogP contribution in [0.4, 0.5) is 0 Å². The summed E-state index contributed by atoms with van der Waals surface area (Å²) in [6.45, 7) is 0.850. The third kappa shape index (κ3) is 29.1. The summed E-state index contributed by atoms with van der Waals surface area (Å²) in [5.41, 5.74) is 6.03. The van der Waals surface area contributed by atoms with Gasteiger partial charge in [0.2, 0.25) is 0 Å². The zero-order chi connectivity index (χ0) is 26.5. The Bertz CT molecular complexity index is 483. The lowest BCUT2D eigenvalue weighted by Crippen LogP contribution is -2.14. The monoisotopic (exact) mass is 511 g/mol. The maximum atomic E-state index is 10.5. The van der Waals surface area contributed by atoms with Crippen LogP contribution in [0.3, 0.4) is 0 Å². The molecule has 5 heteroatoms. The standard InChI is InChI=1S/C31H61NO4/c32-28-29(25-21-17-13-9-5-3-7-11-15-19-23-27-31(35)36)24-20-16-12-8-4-1-2-6-10-14-18-22-26-30(33)34/h29H,1-28,32H2,(H,33,34)(H,35,36)/t29-/m1/s1. The van der Waals surface area contributed by atoms with E-state index in [0.717, 1.165) is 38.1 Å². The molecule has 0 aliphatic heterocycles. The van der Waals surface area contributed by atoms with Crippen LogP contribution in [0, 0.1) is 5.92 Å². The summed E-state index contributed by atoms with van der Waals surface area (Å²) < 4.78 is 0. The molecule has 0 heterocycles. The van der Waals surface area contributed by atoms with Crippen molar-refractivity contribution in [3.05, 3.63) is 0 Å². The molecule has 0 rings (SSSR count). The van der Waals surface area contributed by atoms with Gasteiger partial charge >= 0.3 is 11.9 Å². The van der Waals surface area contributed by atoms with Gasteiger partial charge in [0.1, 0.15) is 0 Å². The Morgan fingerprint density at radius 1 is 0.417 bits per heavy atom. The lowest BCUT2D eigenvalue weighted by atomic mass is 9.94. The molecule has 1 atom stereocenters. The van der Waals surface area contributed by atoms with Crippen LogP contribution in [0.15, 0.2) is 0 Å². The molecule has 5 nitrogen and oxygen atoms in total. The van der Waals surface area contributed by atoms with Gasteiger partial charge in [-0.1, -0.05) is 135 Å². The zero-order valence-electron chi connectivity index (χ0n) is 23.7. The summed E-state index contributed by atoms with van der Waals surface area (Å²) in [4.78, 5) is 20.9. The minimum atomic E-state index is -0.665. The van der Waals surface area contributed by atoms with Crippen LogP contribution in [-0.2, 0) is 9.59 Å². The molecule has 214 valence electrons. The molecule has 36 heavy (non-hydrogen) atoms. The molecule has 0 aromatic rings. The molecule has 0 aliphatic carbocycles. The summed E-state index contributed by atoms with van der Waals surface area (Å²) in [7, 11) is 0. The highest BCUT2D eigenvalue weighted by Crippen LogP contribution is 2.19. The average molecular weight is 512 g/mol. The first kappa shape index (κ1) is 34.9. The van der Waals surface area contributed by atoms with Crippen molar-refractivity contribution in [3.63, 3.8) is 0 Å². The summed E-state index contributed by atoms with van der Waals surface area (Å²) in [5.74, 6) is -0.605. The van der Waals surface area contributed by atoms with Crippen molar-refractivity contribution in [2.24, 2.45) is 11.7 Å². The van der Waals surface area contributed by atoms with Crippen LogP contribution in [0.2, 0.25) is 0 Å². The Labute approximate surface area is 223 Å². The van der Waals surface area contributed by atoms with Gasteiger partial charge in [-0.05, 0) is 38.1 Å². The van der Waals surface area contributed by atoms with Gasteiger partial charge in [0, 0.05) is 12.8 Å². The first-order valence-corrected chi connectivity index (χ1v) is 15.7. The Morgan fingerprint density at radius 2 is 0.639 bits per heavy atom. The molecule has 0 unspecified atom stereocenters. The maximum absolute atomic E-state index is 10.5. The largest absolute Gasteiger partial charge is 0.481 e. The second-order valence-electron chi connectivity index (χ2n) is 11.1. The topological polar surface area (TPSA) is 101 Å². The molecule has 0 amide bonds. The normalized spacial score (nSPS) is 12.1. The van der Waals surface area contributed by atoms with Gasteiger partial charge in [-0.15, -0.1) is 0 Å². The smallest absolute Gasteiger partial charge is 0.303 e. The van der Waals surface area contributed by atoms with E-state index < -0.39 is 11.9 Å². The van der Waals surface area contributed by atoms with Gasteiger partial charge in [0.05, 0.1) is 0 Å². The van der Waals surface area contributed by atoms with E-state index in [1.54, 1.807) is 0 Å². The van der Waals surface area contributed by atoms with Crippen molar-refractivity contribution < 1.29 is 19.8 Å². The van der Waals surface area contributed by atoms with E-state index in [4.69, 9.17) is 15.9 Å². The van der Waals surface area contributed by atoms with E-state index in [0.29, 0.717) is 12.8 Å². The lowest BCUT2D eigenvalue weighted by Gasteiger charge is -2.14. The number of hydrogen-bond donors (Lipinski definition) is 3. The van der Waals surface area contributed by atoms with E-state index in [9.17, 15) is 9.59 Å². The molecule has 0 spiro atoms. The molecule has 0 fully saturated rings. The summed E-state index contributed by atoms with van der Waals surface area (Å²) in [5, 5.41) is 17.3. The number of unbranched alkanes of at least 4 members (excludes halogenated alkanes) is 21. The van der Waals surface area contributed by atoms with Crippen molar-refractivity contribution in [3.8, 4) is 0 Å². The van der Waals surface area contributed by atoms with Crippen molar-refractivity contribution in [1.82, 2.24) is 0 Å². The molecule has 0 saturated carbocycles. The quantitative estimate of drug-likeness (QED) is 0.0834. The second-order valence-corrected chi connectivity index (χ2v) is 11.1. The highest BCUT2D eigenvalue weighted by Gasteiger charge is 2.06. The predicted octanol–water partition coefficient (Wildman–Crippen LogP) is 9.26. The van der Waals surface area contributed by atoms with Crippen LogP contribution in [-0.4, -0.2) is 28.7 Å². The Balaban J connectivity index is 3.29. The number of nitrogens with two attached hydrogens (primary N) is 1. The van der Waals surface area contributed by atoms with Crippen molar-refractivity contribution in [1.29, 1.82) is 0 Å². The summed E-state index contributed by atoms with van der Waals surface area (Å²) in [6, 6.07) is 0. The fraction of sp³-hybridized carbons (Fsp3) is 0.935. The van der Waals surface area contributed by atoms with Gasteiger partial charge in [0.15, 0.2) is 0 Å². The number of carbonyl (C=O) groups is 2. The highest BCUT2D eigenvalue weighted by atomic mass is 16.4. The van der Waals surface area contributed by atoms with Crippen molar-refractivity contribution >= 4 is 11.9 Å². The molecule has 0 aliphatic rings. The first-order valence-electron chi connectivity index (χ1n) is 15.7. The Kier molecular flexibility index (Phi) is 27.6. The number of rotatable bonds is 30. The van der Waals surface area contributed by atoms with Crippen LogP contribution >= 0.6 is 0 Å². The van der Waals surface area contributed by atoms with Crippen LogP contribution < -0.4 is 5.73 Å². The molecule has 0 aromatic heterocycles. The third-order valence-corrected chi connectivity index (χ3v) is 7.59. The fourth-order valence-corrected chi connectivity index (χ4v) is 5.16. The SMILES string of the molecule is NC[C@H](CCCCCCCCCCCCCCC(=O)O)CCCCCCCCCCCCCC(=O)O. The predicted molar refractivity (Wildman–Crippen MR) is 152 cm³/mol. The van der Waals surface area contributed by atoms with Crippen LogP contribution in [0.5, 0.6) is 0 Å². The zero-order valence-corrected chi connectivity index (χ0v) is 23.7. The van der Waals surface area contributed by atoms with Gasteiger partial charge in [-0.25, -0.2) is 0 Å². The second kappa shape index (κ2) is 28.5. The Morgan fingerprint density at radius 3 is 0.861 bits per heavy atom. The van der Waals surface area contributed by atoms with Crippen LogP contribution in [0.1, 0.15) is 173 Å². The number of carboxylic acid groups (broad SMARTS) is 2. The first-order chi connectivity index (χ1) is 17.6. The number of carboxylic acids is 2. The van der Waals surface area contributed by atoms with E-state index in [2.05, 4.69) is 0 Å². The van der Waals surface area contributed by atoms with E-state index in [-0.39, 0.29) is 0 Å².